The van der Waals surface area contributed by atoms with Crippen LogP contribution in [0.1, 0.15) is 33.3 Å². The van der Waals surface area contributed by atoms with Gasteiger partial charge in [-0.2, -0.15) is 0 Å². The molecule has 0 aliphatic carbocycles. The van der Waals surface area contributed by atoms with Crippen molar-refractivity contribution in [2.24, 2.45) is 5.41 Å². The first-order valence-corrected chi connectivity index (χ1v) is 8.31. The fourth-order valence-corrected chi connectivity index (χ4v) is 2.76. The van der Waals surface area contributed by atoms with Gasteiger partial charge in [-0.1, -0.05) is 39.0 Å². The van der Waals surface area contributed by atoms with E-state index in [1.54, 1.807) is 6.08 Å². The van der Waals surface area contributed by atoms with E-state index in [1.807, 2.05) is 52.0 Å². The van der Waals surface area contributed by atoms with Crippen molar-refractivity contribution in [1.82, 2.24) is 4.98 Å². The zero-order valence-corrected chi connectivity index (χ0v) is 14.6. The van der Waals surface area contributed by atoms with E-state index in [0.717, 1.165) is 11.3 Å². The normalized spacial score (nSPS) is 13.4. The van der Waals surface area contributed by atoms with Crippen LogP contribution in [0.25, 0.3) is 12.2 Å². The van der Waals surface area contributed by atoms with Crippen molar-refractivity contribution < 1.29 is 9.53 Å². The van der Waals surface area contributed by atoms with Crippen LogP contribution in [-0.4, -0.2) is 17.4 Å². The minimum absolute atomic E-state index is 0.0173. The number of para-hydroxylation sites is 1. The molecule has 1 aromatic carbocycles. The summed E-state index contributed by atoms with van der Waals surface area (Å²) in [5.41, 5.74) is 0.177. The van der Waals surface area contributed by atoms with Crippen molar-refractivity contribution in [1.29, 1.82) is 0 Å². The molecular formula is C18H21NO3S. The number of hydrogen-bond donors (Lipinski definition) is 1. The predicted molar refractivity (Wildman–Crippen MR) is 94.3 cm³/mol. The third-order valence-electron chi connectivity index (χ3n) is 3.19. The molecule has 4 nitrogen and oxygen atoms in total. The second-order valence-electron chi connectivity index (χ2n) is 6.16. The summed E-state index contributed by atoms with van der Waals surface area (Å²) < 4.78 is 6.68. The number of Topliss-reactive ketones (excluding diaryl/α,β-unsaturated/α-hetero) is 1. The highest BCUT2D eigenvalue weighted by Crippen LogP contribution is 2.18. The number of rotatable bonds is 4. The van der Waals surface area contributed by atoms with E-state index in [1.165, 1.54) is 17.4 Å². The average Bonchev–Trinajstić information content (AvgIpc) is 2.80. The second kappa shape index (κ2) is 6.96. The van der Waals surface area contributed by atoms with E-state index in [2.05, 4.69) is 4.98 Å². The first-order chi connectivity index (χ1) is 10.8. The van der Waals surface area contributed by atoms with Gasteiger partial charge in [0.05, 0.1) is 15.8 Å². The Balaban J connectivity index is 2.49. The average molecular weight is 331 g/mol. The molecule has 1 aromatic heterocycles. The molecule has 0 radical (unpaired) electrons. The van der Waals surface area contributed by atoms with Crippen molar-refractivity contribution >= 4 is 29.3 Å². The highest BCUT2D eigenvalue weighted by Gasteiger charge is 2.18. The Morgan fingerprint density at radius 2 is 2.00 bits per heavy atom. The summed E-state index contributed by atoms with van der Waals surface area (Å²) in [7, 11) is 0. The van der Waals surface area contributed by atoms with E-state index in [0.29, 0.717) is 15.8 Å². The molecule has 1 heterocycles. The molecule has 0 bridgehead atoms. The second-order valence-corrected chi connectivity index (χ2v) is 7.24. The predicted octanol–water partition coefficient (Wildman–Crippen LogP) is 2.06. The number of ketones is 1. The van der Waals surface area contributed by atoms with Gasteiger partial charge in [-0.25, -0.2) is 0 Å². The maximum Gasteiger partial charge on any atom is 0.266 e. The quantitative estimate of drug-likeness (QED) is 0.933. The fraction of sp³-hybridized carbons (Fsp3) is 0.333. The van der Waals surface area contributed by atoms with E-state index < -0.39 is 5.41 Å². The molecule has 0 atom stereocenters. The van der Waals surface area contributed by atoms with Crippen LogP contribution in [0.3, 0.4) is 0 Å². The summed E-state index contributed by atoms with van der Waals surface area (Å²) in [6, 6.07) is 7.55. The number of H-pyrrole nitrogens is 1. The monoisotopic (exact) mass is 331 g/mol. The number of carbonyl (C=O) groups is 1. The minimum Gasteiger partial charge on any atom is -0.493 e. The zero-order chi connectivity index (χ0) is 17.0. The number of hydrogen-bond acceptors (Lipinski definition) is 4. The largest absolute Gasteiger partial charge is 0.493 e. The van der Waals surface area contributed by atoms with Crippen LogP contribution in [-0.2, 0) is 4.79 Å². The molecule has 0 amide bonds. The number of benzene rings is 1. The minimum atomic E-state index is -0.466. The number of carbonyl (C=O) groups excluding carboxylic acids is 1. The van der Waals surface area contributed by atoms with Crippen molar-refractivity contribution in [2.75, 3.05) is 6.61 Å². The number of ether oxygens (including phenoxy) is 1. The van der Waals surface area contributed by atoms with Crippen LogP contribution in [0, 0.1) is 5.41 Å². The highest BCUT2D eigenvalue weighted by atomic mass is 32.1. The van der Waals surface area contributed by atoms with Crippen molar-refractivity contribution in [3.05, 3.63) is 49.4 Å². The summed E-state index contributed by atoms with van der Waals surface area (Å²) in [5, 5.41) is 0. The van der Waals surface area contributed by atoms with Gasteiger partial charge in [-0.05, 0) is 19.1 Å². The lowest BCUT2D eigenvalue weighted by Gasteiger charge is -2.12. The van der Waals surface area contributed by atoms with Crippen molar-refractivity contribution in [2.45, 2.75) is 27.7 Å². The smallest absolute Gasteiger partial charge is 0.266 e. The number of nitrogens with one attached hydrogen (secondary N) is 1. The Bertz CT molecular complexity index is 869. The summed E-state index contributed by atoms with van der Waals surface area (Å²) in [6.07, 6.45) is 3.28. The van der Waals surface area contributed by atoms with E-state index in [4.69, 9.17) is 4.74 Å². The Hall–Kier alpha value is -2.14. The molecule has 0 aliphatic rings. The SMILES string of the molecule is CCOc1ccccc1/C=c1\s/c(=C/C(=O)C(C)(C)C)[nH]c1=O. The van der Waals surface area contributed by atoms with Crippen molar-refractivity contribution in [3.63, 3.8) is 0 Å². The lowest BCUT2D eigenvalue weighted by molar-refractivity contribution is -0.119. The molecule has 2 rings (SSSR count). The molecule has 0 saturated heterocycles. The molecule has 2 aromatic rings. The fourth-order valence-electron chi connectivity index (χ4n) is 1.89. The Morgan fingerprint density at radius 3 is 2.65 bits per heavy atom. The number of thiazole rings is 1. The van der Waals surface area contributed by atoms with E-state index >= 15 is 0 Å². The zero-order valence-electron chi connectivity index (χ0n) is 13.8. The van der Waals surface area contributed by atoms with Gasteiger partial charge in [0.25, 0.3) is 5.56 Å². The summed E-state index contributed by atoms with van der Waals surface area (Å²) in [6.45, 7) is 8.03. The molecule has 0 aliphatic heterocycles. The molecule has 0 fully saturated rings. The summed E-state index contributed by atoms with van der Waals surface area (Å²) >= 11 is 1.27. The van der Waals surface area contributed by atoms with Gasteiger partial charge in [0, 0.05) is 17.1 Å². The molecule has 5 heteroatoms. The van der Waals surface area contributed by atoms with Crippen LogP contribution in [0.5, 0.6) is 5.75 Å². The molecule has 0 saturated carbocycles. The van der Waals surface area contributed by atoms with Crippen molar-refractivity contribution in [3.8, 4) is 5.75 Å². The van der Waals surface area contributed by atoms with Gasteiger partial charge >= 0.3 is 0 Å². The first-order valence-electron chi connectivity index (χ1n) is 7.50. The topological polar surface area (TPSA) is 59.2 Å². The van der Waals surface area contributed by atoms with Gasteiger partial charge in [-0.15, -0.1) is 11.3 Å². The lowest BCUT2D eigenvalue weighted by atomic mass is 9.91. The van der Waals surface area contributed by atoms with Crippen LogP contribution in [0.4, 0.5) is 0 Å². The Labute approximate surface area is 139 Å². The molecule has 0 spiro atoms. The summed E-state index contributed by atoms with van der Waals surface area (Å²) in [4.78, 5) is 26.9. The Kier molecular flexibility index (Phi) is 5.21. The van der Waals surface area contributed by atoms with Crippen LogP contribution in [0.2, 0.25) is 0 Å². The van der Waals surface area contributed by atoms with Crippen LogP contribution >= 0.6 is 11.3 Å². The van der Waals surface area contributed by atoms with Gasteiger partial charge in [-0.3, -0.25) is 9.59 Å². The molecule has 0 unspecified atom stereocenters. The number of aromatic nitrogens is 1. The van der Waals surface area contributed by atoms with Gasteiger partial charge in [0.1, 0.15) is 5.75 Å². The van der Waals surface area contributed by atoms with E-state index in [-0.39, 0.29) is 11.3 Å². The molecular weight excluding hydrogens is 310 g/mol. The molecule has 1 N–H and O–H groups in total. The molecule has 23 heavy (non-hydrogen) atoms. The maximum absolute atomic E-state index is 12.1. The maximum atomic E-state index is 12.1. The third kappa shape index (κ3) is 4.42. The Morgan fingerprint density at radius 1 is 1.30 bits per heavy atom. The standard InChI is InChI=1S/C18H21NO3S/c1-5-22-13-9-7-6-8-12(13)10-14-17(21)19-16(23-14)11-15(20)18(2,3)4/h6-11H,5H2,1-4H3,(H,19,21)/b14-10-,16-11+. The van der Waals surface area contributed by atoms with Gasteiger partial charge < -0.3 is 9.72 Å². The van der Waals surface area contributed by atoms with Crippen LogP contribution < -0.4 is 19.5 Å². The first kappa shape index (κ1) is 17.2. The lowest BCUT2D eigenvalue weighted by Crippen LogP contribution is -2.22. The van der Waals surface area contributed by atoms with Gasteiger partial charge in [0.2, 0.25) is 0 Å². The highest BCUT2D eigenvalue weighted by molar-refractivity contribution is 7.07. The third-order valence-corrected chi connectivity index (χ3v) is 4.15. The van der Waals surface area contributed by atoms with Gasteiger partial charge in [0.15, 0.2) is 5.78 Å². The number of aromatic amines is 1. The van der Waals surface area contributed by atoms with Crippen LogP contribution in [0.15, 0.2) is 29.1 Å². The van der Waals surface area contributed by atoms with E-state index in [9.17, 15) is 9.59 Å². The summed E-state index contributed by atoms with van der Waals surface area (Å²) in [5.74, 6) is 0.718. The molecule has 122 valence electrons.